The molecule has 0 aliphatic carbocycles. The molecule has 1 unspecified atom stereocenters. The van der Waals surface area contributed by atoms with E-state index < -0.39 is 15.9 Å². The van der Waals surface area contributed by atoms with Gasteiger partial charge in [0.1, 0.15) is 12.3 Å². The summed E-state index contributed by atoms with van der Waals surface area (Å²) in [5, 5.41) is 2.96. The number of amides is 1. The fourth-order valence-electron chi connectivity index (χ4n) is 4.48. The number of hydrogen-bond acceptors (Lipinski definition) is 5. The Morgan fingerprint density at radius 2 is 1.58 bits per heavy atom. The number of ether oxygens (including phenoxy) is 1. The summed E-state index contributed by atoms with van der Waals surface area (Å²) in [5.41, 5.74) is 2.45. The highest BCUT2D eigenvalue weighted by Gasteiger charge is 2.29. The van der Waals surface area contributed by atoms with Gasteiger partial charge in [0.25, 0.3) is 10.0 Å². The lowest BCUT2D eigenvalue weighted by molar-refractivity contribution is -0.120. The van der Waals surface area contributed by atoms with Crippen LogP contribution < -0.4 is 19.3 Å². The zero-order valence-electron chi connectivity index (χ0n) is 20.8. The largest absolute Gasteiger partial charge is 0.495 e. The van der Waals surface area contributed by atoms with Crippen LogP contribution in [0.2, 0.25) is 0 Å². The normalized spacial score (nSPS) is 14.7. The second-order valence-corrected chi connectivity index (χ2v) is 10.8. The number of nitrogens with zero attached hydrogens (tertiary/aromatic N) is 2. The molecular formula is C28H33N3O4S. The number of hydrogen-bond donors (Lipinski definition) is 1. The molecule has 1 atom stereocenters. The molecule has 1 saturated heterocycles. The van der Waals surface area contributed by atoms with Crippen molar-refractivity contribution in [1.82, 2.24) is 5.32 Å². The molecule has 4 rings (SSSR count). The molecule has 0 radical (unpaired) electrons. The van der Waals surface area contributed by atoms with Crippen molar-refractivity contribution in [3.8, 4) is 5.75 Å². The van der Waals surface area contributed by atoms with Crippen molar-refractivity contribution in [3.63, 3.8) is 0 Å². The minimum absolute atomic E-state index is 0.102. The molecule has 1 N–H and O–H groups in total. The highest BCUT2D eigenvalue weighted by molar-refractivity contribution is 7.92. The molecule has 0 aromatic heterocycles. The van der Waals surface area contributed by atoms with Crippen molar-refractivity contribution in [2.45, 2.75) is 37.1 Å². The zero-order valence-corrected chi connectivity index (χ0v) is 21.6. The Bertz CT molecular complexity index is 1260. The van der Waals surface area contributed by atoms with Crippen LogP contribution in [0, 0.1) is 0 Å². The molecule has 0 spiro atoms. The average molecular weight is 508 g/mol. The zero-order chi connectivity index (χ0) is 25.5. The number of piperidine rings is 1. The van der Waals surface area contributed by atoms with Crippen molar-refractivity contribution < 1.29 is 17.9 Å². The van der Waals surface area contributed by atoms with Gasteiger partial charge < -0.3 is 15.0 Å². The lowest BCUT2D eigenvalue weighted by Crippen LogP contribution is -2.41. The maximum Gasteiger partial charge on any atom is 0.264 e. The Kier molecular flexibility index (Phi) is 8.15. The Morgan fingerprint density at radius 1 is 0.944 bits per heavy atom. The summed E-state index contributed by atoms with van der Waals surface area (Å²) >= 11 is 0. The molecule has 190 valence electrons. The van der Waals surface area contributed by atoms with Gasteiger partial charge in [0.15, 0.2) is 0 Å². The van der Waals surface area contributed by atoms with Crippen LogP contribution in [-0.2, 0) is 14.8 Å². The molecule has 1 fully saturated rings. The van der Waals surface area contributed by atoms with Crippen LogP contribution >= 0.6 is 0 Å². The van der Waals surface area contributed by atoms with Gasteiger partial charge in [-0.1, -0.05) is 42.5 Å². The molecule has 36 heavy (non-hydrogen) atoms. The van der Waals surface area contributed by atoms with Gasteiger partial charge in [-0.05, 0) is 68.1 Å². The summed E-state index contributed by atoms with van der Waals surface area (Å²) in [5.74, 6) is -0.0424. The van der Waals surface area contributed by atoms with Gasteiger partial charge >= 0.3 is 0 Å². The Morgan fingerprint density at radius 3 is 2.25 bits per heavy atom. The van der Waals surface area contributed by atoms with E-state index in [2.05, 4.69) is 22.3 Å². The fraction of sp³-hybridized carbons (Fsp3) is 0.321. The van der Waals surface area contributed by atoms with E-state index in [9.17, 15) is 13.2 Å². The predicted octanol–water partition coefficient (Wildman–Crippen LogP) is 4.76. The average Bonchev–Trinajstić information content (AvgIpc) is 2.92. The van der Waals surface area contributed by atoms with E-state index >= 15 is 0 Å². The van der Waals surface area contributed by atoms with Gasteiger partial charge in [0.05, 0.1) is 23.7 Å². The molecule has 3 aromatic carbocycles. The summed E-state index contributed by atoms with van der Waals surface area (Å²) in [6.07, 6.45) is 3.70. The van der Waals surface area contributed by atoms with Crippen molar-refractivity contribution in [1.29, 1.82) is 0 Å². The number of para-hydroxylation sites is 2. The lowest BCUT2D eigenvalue weighted by Gasteiger charge is -2.29. The van der Waals surface area contributed by atoms with Crippen LogP contribution in [-0.4, -0.2) is 41.1 Å². The summed E-state index contributed by atoms with van der Waals surface area (Å²) in [6.45, 7) is 3.65. The van der Waals surface area contributed by atoms with Gasteiger partial charge in [-0.2, -0.15) is 0 Å². The number of rotatable bonds is 9. The minimum Gasteiger partial charge on any atom is -0.495 e. The van der Waals surface area contributed by atoms with Crippen molar-refractivity contribution in [3.05, 3.63) is 84.4 Å². The van der Waals surface area contributed by atoms with Crippen LogP contribution in [0.15, 0.2) is 83.8 Å². The maximum absolute atomic E-state index is 13.6. The molecule has 0 bridgehead atoms. The summed E-state index contributed by atoms with van der Waals surface area (Å²) < 4.78 is 33.6. The van der Waals surface area contributed by atoms with Gasteiger partial charge in [-0.15, -0.1) is 0 Å². The van der Waals surface area contributed by atoms with Crippen molar-refractivity contribution in [2.24, 2.45) is 0 Å². The first-order valence-electron chi connectivity index (χ1n) is 12.3. The van der Waals surface area contributed by atoms with Gasteiger partial charge in [0.2, 0.25) is 5.91 Å². The predicted molar refractivity (Wildman–Crippen MR) is 143 cm³/mol. The maximum atomic E-state index is 13.6. The monoisotopic (exact) mass is 507 g/mol. The topological polar surface area (TPSA) is 79.0 Å². The van der Waals surface area contributed by atoms with Crippen LogP contribution in [0.4, 0.5) is 11.4 Å². The fourth-order valence-corrected chi connectivity index (χ4v) is 5.93. The summed E-state index contributed by atoms with van der Waals surface area (Å²) in [4.78, 5) is 15.6. The first-order chi connectivity index (χ1) is 17.4. The molecule has 1 amide bonds. The number of carbonyl (C=O) groups excluding carboxylic acids is 1. The van der Waals surface area contributed by atoms with E-state index in [1.807, 2.05) is 19.1 Å². The summed E-state index contributed by atoms with van der Waals surface area (Å²) in [7, 11) is -2.54. The smallest absolute Gasteiger partial charge is 0.264 e. The number of sulfonamides is 1. The Labute approximate surface area is 213 Å². The number of methoxy groups -OCH3 is 1. The third-order valence-electron chi connectivity index (χ3n) is 6.46. The molecule has 1 heterocycles. The van der Waals surface area contributed by atoms with E-state index in [1.54, 1.807) is 42.5 Å². The third kappa shape index (κ3) is 5.82. The lowest BCUT2D eigenvalue weighted by atomic mass is 10.1. The molecule has 0 saturated carbocycles. The third-order valence-corrected chi connectivity index (χ3v) is 8.24. The highest BCUT2D eigenvalue weighted by atomic mass is 32.2. The Hall–Kier alpha value is -3.52. The molecular weight excluding hydrogens is 474 g/mol. The van der Waals surface area contributed by atoms with Gasteiger partial charge in [0, 0.05) is 18.8 Å². The van der Waals surface area contributed by atoms with Crippen LogP contribution in [0.3, 0.4) is 0 Å². The number of carbonyl (C=O) groups is 1. The van der Waals surface area contributed by atoms with Crippen molar-refractivity contribution in [2.75, 3.05) is 35.9 Å². The minimum atomic E-state index is -4.01. The van der Waals surface area contributed by atoms with E-state index in [0.717, 1.165) is 23.0 Å². The Balaban J connectivity index is 1.52. The second-order valence-electron chi connectivity index (χ2n) is 8.93. The first-order valence-corrected chi connectivity index (χ1v) is 13.7. The number of anilines is 2. The van der Waals surface area contributed by atoms with E-state index in [1.165, 1.54) is 44.2 Å². The van der Waals surface area contributed by atoms with E-state index in [-0.39, 0.29) is 17.5 Å². The first kappa shape index (κ1) is 25.6. The number of benzene rings is 3. The van der Waals surface area contributed by atoms with E-state index in [0.29, 0.717) is 11.4 Å². The second kappa shape index (κ2) is 11.5. The van der Waals surface area contributed by atoms with Gasteiger partial charge in [-0.25, -0.2) is 8.42 Å². The molecule has 3 aromatic rings. The molecule has 7 nitrogen and oxygen atoms in total. The quantitative estimate of drug-likeness (QED) is 0.452. The number of nitrogens with one attached hydrogen (secondary N) is 1. The van der Waals surface area contributed by atoms with Crippen molar-refractivity contribution >= 4 is 27.3 Å². The van der Waals surface area contributed by atoms with Crippen LogP contribution in [0.1, 0.15) is 37.8 Å². The van der Waals surface area contributed by atoms with E-state index in [4.69, 9.17) is 4.74 Å². The van der Waals surface area contributed by atoms with Gasteiger partial charge in [-0.3, -0.25) is 9.10 Å². The molecule has 8 heteroatoms. The highest BCUT2D eigenvalue weighted by Crippen LogP contribution is 2.32. The molecule has 1 aliphatic rings. The molecule has 1 aliphatic heterocycles. The SMILES string of the molecule is COc1ccccc1N(CC(=O)NC(C)c1ccc(N2CCCCC2)cc1)S(=O)(=O)c1ccccc1. The van der Waals surface area contributed by atoms with Crippen LogP contribution in [0.5, 0.6) is 5.75 Å². The van der Waals surface area contributed by atoms with Crippen LogP contribution in [0.25, 0.3) is 0 Å². The summed E-state index contributed by atoms with van der Waals surface area (Å²) in [6, 6.07) is 22.8. The standard InChI is InChI=1S/C28H33N3O4S/c1-22(23-15-17-24(18-16-23)30-19-9-4-10-20-30)29-28(32)21-31(26-13-7-8-14-27(26)35-2)36(33,34)25-11-5-3-6-12-25/h3,5-8,11-18,22H,4,9-10,19-21H2,1-2H3,(H,29,32).